The molecule has 1 aliphatic rings. The average Bonchev–Trinajstić information content (AvgIpc) is 2.51. The van der Waals surface area contributed by atoms with Crippen molar-refractivity contribution in [3.8, 4) is 0 Å². The number of carboxylic acid groups (broad SMARTS) is 1. The molecule has 92 valence electrons. The van der Waals surface area contributed by atoms with E-state index in [-0.39, 0.29) is 37.1 Å². The third-order valence-electron chi connectivity index (χ3n) is 2.80. The number of aliphatic carboxylic acids is 1. The van der Waals surface area contributed by atoms with Gasteiger partial charge in [0.05, 0.1) is 6.10 Å². The fourth-order valence-electron chi connectivity index (χ4n) is 2.01. The molecule has 2 unspecified atom stereocenters. The summed E-state index contributed by atoms with van der Waals surface area (Å²) in [6, 6.07) is 0. The molecule has 0 radical (unpaired) electrons. The van der Waals surface area contributed by atoms with Gasteiger partial charge < -0.3 is 11.6 Å². The average molecular weight is 240 g/mol. The summed E-state index contributed by atoms with van der Waals surface area (Å²) >= 11 is 0. The molecule has 4 heteroatoms. The van der Waals surface area contributed by atoms with Gasteiger partial charge in [-0.25, -0.2) is 0 Å². The molecule has 0 aromatic rings. The first kappa shape index (κ1) is 18.8. The van der Waals surface area contributed by atoms with E-state index in [0.29, 0.717) is 5.92 Å². The minimum absolute atomic E-state index is 0. The summed E-state index contributed by atoms with van der Waals surface area (Å²) < 4.78 is 0. The van der Waals surface area contributed by atoms with Crippen LogP contribution >= 0.6 is 0 Å². The van der Waals surface area contributed by atoms with Crippen LogP contribution in [-0.2, 0) is 4.79 Å². The van der Waals surface area contributed by atoms with Gasteiger partial charge in [0.15, 0.2) is 0 Å². The predicted molar refractivity (Wildman–Crippen MR) is 61.9 cm³/mol. The Morgan fingerprint density at radius 3 is 2.31 bits per heavy atom. The molecule has 2 N–H and O–H groups in total. The van der Waals surface area contributed by atoms with Crippen molar-refractivity contribution in [2.45, 2.75) is 64.9 Å². The summed E-state index contributed by atoms with van der Waals surface area (Å²) in [5.74, 6) is -0.193. The molecule has 0 amide bonds. The first-order valence-electron chi connectivity index (χ1n) is 5.95. The van der Waals surface area contributed by atoms with Crippen LogP contribution in [-0.4, -0.2) is 22.3 Å². The quantitative estimate of drug-likeness (QED) is 0.534. The fraction of sp³-hybridized carbons (Fsp3) is 0.917. The topological polar surface area (TPSA) is 57.5 Å². The van der Waals surface area contributed by atoms with E-state index in [2.05, 4.69) is 6.92 Å². The Bertz CT molecular complexity index is 175. The van der Waals surface area contributed by atoms with Crippen molar-refractivity contribution >= 4 is 5.97 Å². The molecule has 0 aliphatic heterocycles. The van der Waals surface area contributed by atoms with Crippen LogP contribution in [0.1, 0.15) is 60.2 Å². The Morgan fingerprint density at radius 1 is 1.38 bits per heavy atom. The molecular formula is C12H25NaO3. The molecule has 0 aromatic carbocycles. The number of carboxylic acids is 1. The molecule has 1 fully saturated rings. The van der Waals surface area contributed by atoms with Crippen LogP contribution in [0.15, 0.2) is 0 Å². The first-order valence-corrected chi connectivity index (χ1v) is 5.95. The van der Waals surface area contributed by atoms with E-state index < -0.39 is 5.97 Å². The minimum Gasteiger partial charge on any atom is -1.00 e. The van der Waals surface area contributed by atoms with Crippen molar-refractivity contribution in [1.29, 1.82) is 0 Å². The van der Waals surface area contributed by atoms with Crippen LogP contribution in [0.3, 0.4) is 0 Å². The van der Waals surface area contributed by atoms with Gasteiger partial charge >= 0.3 is 29.6 Å². The van der Waals surface area contributed by atoms with E-state index in [4.69, 9.17) is 9.90 Å². The third kappa shape index (κ3) is 10.9. The van der Waals surface area contributed by atoms with Gasteiger partial charge in [0, 0.05) is 6.92 Å². The third-order valence-corrected chi connectivity index (χ3v) is 2.80. The molecule has 0 heterocycles. The Labute approximate surface area is 122 Å². The van der Waals surface area contributed by atoms with E-state index in [0.717, 1.165) is 13.3 Å². The molecular weight excluding hydrogens is 215 g/mol. The van der Waals surface area contributed by atoms with Crippen LogP contribution in [0.2, 0.25) is 0 Å². The zero-order valence-electron chi connectivity index (χ0n) is 11.9. The largest absolute Gasteiger partial charge is 1.00 e. The van der Waals surface area contributed by atoms with E-state index in [1.54, 1.807) is 0 Å². The summed E-state index contributed by atoms with van der Waals surface area (Å²) in [4.78, 5) is 9.00. The van der Waals surface area contributed by atoms with Crippen LogP contribution < -0.4 is 29.6 Å². The number of unbranched alkanes of at least 4 members (excludes halogenated alkanes) is 2. The van der Waals surface area contributed by atoms with Crippen molar-refractivity contribution in [2.24, 2.45) is 5.92 Å². The second-order valence-corrected chi connectivity index (χ2v) is 4.27. The molecule has 1 saturated carbocycles. The summed E-state index contributed by atoms with van der Waals surface area (Å²) in [6.07, 6.45) is 8.81. The Balaban J connectivity index is -0.000000289. The number of aliphatic hydroxyl groups excluding tert-OH is 1. The normalized spacial score (nSPS) is 22.9. The van der Waals surface area contributed by atoms with Crippen LogP contribution in [0.5, 0.6) is 0 Å². The Kier molecular flexibility index (Phi) is 14.0. The maximum atomic E-state index is 9.49. The van der Waals surface area contributed by atoms with Crippen molar-refractivity contribution in [1.82, 2.24) is 0 Å². The zero-order valence-corrected chi connectivity index (χ0v) is 12.9. The summed E-state index contributed by atoms with van der Waals surface area (Å²) in [6.45, 7) is 3.31. The zero-order chi connectivity index (χ0) is 11.7. The number of hydrogen-bond donors (Lipinski definition) is 2. The number of aliphatic hydroxyl groups is 1. The van der Waals surface area contributed by atoms with Gasteiger partial charge in [-0.15, -0.1) is 0 Å². The van der Waals surface area contributed by atoms with Crippen LogP contribution in [0.25, 0.3) is 0 Å². The van der Waals surface area contributed by atoms with E-state index in [1.165, 1.54) is 38.5 Å². The molecule has 0 bridgehead atoms. The van der Waals surface area contributed by atoms with Crippen LogP contribution in [0.4, 0.5) is 0 Å². The Morgan fingerprint density at radius 2 is 1.94 bits per heavy atom. The van der Waals surface area contributed by atoms with E-state index >= 15 is 0 Å². The van der Waals surface area contributed by atoms with Gasteiger partial charge in [-0.1, -0.05) is 32.6 Å². The molecule has 1 rings (SSSR count). The number of hydrogen-bond acceptors (Lipinski definition) is 2. The van der Waals surface area contributed by atoms with Crippen LogP contribution in [0, 0.1) is 5.92 Å². The molecule has 0 saturated heterocycles. The van der Waals surface area contributed by atoms with Crippen molar-refractivity contribution in [3.05, 3.63) is 0 Å². The summed E-state index contributed by atoms with van der Waals surface area (Å²) in [5.41, 5.74) is 0. The van der Waals surface area contributed by atoms with Gasteiger partial charge in [0.2, 0.25) is 0 Å². The minimum atomic E-state index is -0.833. The second-order valence-electron chi connectivity index (χ2n) is 4.27. The SMILES string of the molecule is CC(=O)O.CCCCCC1CCCC1O.[H-].[Na+]. The van der Waals surface area contributed by atoms with Crippen molar-refractivity contribution < 1.29 is 46.0 Å². The fourth-order valence-corrected chi connectivity index (χ4v) is 2.01. The Hall–Kier alpha value is 0.430. The van der Waals surface area contributed by atoms with Gasteiger partial charge in [-0.3, -0.25) is 4.79 Å². The molecule has 16 heavy (non-hydrogen) atoms. The predicted octanol–water partition coefficient (Wildman–Crippen LogP) is -0.0649. The van der Waals surface area contributed by atoms with Gasteiger partial charge in [0.1, 0.15) is 0 Å². The number of carbonyl (C=O) groups is 1. The molecule has 1 aliphatic carbocycles. The van der Waals surface area contributed by atoms with E-state index in [1.807, 2.05) is 0 Å². The van der Waals surface area contributed by atoms with Gasteiger partial charge in [-0.05, 0) is 25.2 Å². The maximum absolute atomic E-state index is 9.49. The monoisotopic (exact) mass is 240 g/mol. The molecule has 0 aromatic heterocycles. The maximum Gasteiger partial charge on any atom is 1.00 e. The molecule has 3 nitrogen and oxygen atoms in total. The number of rotatable bonds is 4. The molecule has 2 atom stereocenters. The van der Waals surface area contributed by atoms with Crippen molar-refractivity contribution in [3.63, 3.8) is 0 Å². The summed E-state index contributed by atoms with van der Waals surface area (Å²) in [7, 11) is 0. The summed E-state index contributed by atoms with van der Waals surface area (Å²) in [5, 5.41) is 16.9. The van der Waals surface area contributed by atoms with Crippen molar-refractivity contribution in [2.75, 3.05) is 0 Å². The first-order chi connectivity index (χ1) is 7.07. The van der Waals surface area contributed by atoms with Gasteiger partial charge in [-0.2, -0.15) is 0 Å². The standard InChI is InChI=1S/C10H20O.C2H4O2.Na.H/c1-2-3-4-6-9-7-5-8-10(9)11;1-2(3)4;;/h9-11H,2-8H2,1H3;1H3,(H,3,4);;/q;;+1;-1. The van der Waals surface area contributed by atoms with E-state index in [9.17, 15) is 5.11 Å². The molecule has 0 spiro atoms. The smallest absolute Gasteiger partial charge is 1.00 e. The second kappa shape index (κ2) is 11.9. The van der Waals surface area contributed by atoms with Gasteiger partial charge in [0.25, 0.3) is 5.97 Å².